The molecule has 0 aliphatic carbocycles. The maximum Gasteiger partial charge on any atom is 0.103 e. The fraction of sp³-hybridized carbons (Fsp3) is 0.533. The van der Waals surface area contributed by atoms with Gasteiger partial charge in [0, 0.05) is 31.7 Å². The van der Waals surface area contributed by atoms with Gasteiger partial charge in [0.25, 0.3) is 0 Å². The monoisotopic (exact) mass is 294 g/mol. The fourth-order valence-corrected chi connectivity index (χ4v) is 2.71. The van der Waals surface area contributed by atoms with Crippen LogP contribution >= 0.6 is 11.8 Å². The van der Waals surface area contributed by atoms with Gasteiger partial charge in [0.05, 0.1) is 24.5 Å². The van der Waals surface area contributed by atoms with Crippen molar-refractivity contribution in [3.63, 3.8) is 0 Å². The van der Waals surface area contributed by atoms with Gasteiger partial charge >= 0.3 is 0 Å². The van der Waals surface area contributed by atoms with E-state index in [9.17, 15) is 5.26 Å². The number of nitrogens with zero attached hydrogens (tertiary/aromatic N) is 2. The second-order valence-electron chi connectivity index (χ2n) is 4.46. The second-order valence-corrected chi connectivity index (χ2v) is 5.30. The lowest BCUT2D eigenvalue weighted by Gasteiger charge is -2.31. The Bertz CT molecular complexity index is 460. The predicted octanol–water partition coefficient (Wildman–Crippen LogP) is 2.77. The molecule has 1 rings (SSSR count). The van der Waals surface area contributed by atoms with E-state index in [4.69, 9.17) is 9.47 Å². The Balaban J connectivity index is 3.15. The van der Waals surface area contributed by atoms with Gasteiger partial charge in [-0.3, -0.25) is 0 Å². The van der Waals surface area contributed by atoms with Crippen LogP contribution in [0.2, 0.25) is 0 Å². The van der Waals surface area contributed by atoms with Crippen molar-refractivity contribution in [2.24, 2.45) is 0 Å². The molecule has 0 aromatic heterocycles. The van der Waals surface area contributed by atoms with Crippen molar-refractivity contribution in [3.8, 4) is 6.07 Å². The van der Waals surface area contributed by atoms with E-state index in [1.807, 2.05) is 24.5 Å². The van der Waals surface area contributed by atoms with Crippen molar-refractivity contribution in [3.05, 3.63) is 23.8 Å². The highest BCUT2D eigenvalue weighted by atomic mass is 32.2. The van der Waals surface area contributed by atoms with Crippen LogP contribution < -0.4 is 4.90 Å². The SMILES string of the molecule is COCCN(c1cccc(SC)c1C#N)C(C)COC. The van der Waals surface area contributed by atoms with Crippen molar-refractivity contribution in [1.29, 1.82) is 5.26 Å². The van der Waals surface area contributed by atoms with Gasteiger partial charge in [-0.15, -0.1) is 11.8 Å². The lowest BCUT2D eigenvalue weighted by atomic mass is 10.1. The van der Waals surface area contributed by atoms with Gasteiger partial charge in [0.15, 0.2) is 0 Å². The number of thioether (sulfide) groups is 1. The highest BCUT2D eigenvalue weighted by Gasteiger charge is 2.19. The first-order valence-electron chi connectivity index (χ1n) is 6.51. The summed E-state index contributed by atoms with van der Waals surface area (Å²) in [5.74, 6) is 0. The van der Waals surface area contributed by atoms with E-state index in [0.717, 1.165) is 22.7 Å². The van der Waals surface area contributed by atoms with E-state index in [-0.39, 0.29) is 6.04 Å². The van der Waals surface area contributed by atoms with Gasteiger partial charge in [0.2, 0.25) is 0 Å². The molecule has 0 saturated heterocycles. The molecule has 110 valence electrons. The average molecular weight is 294 g/mol. The highest BCUT2D eigenvalue weighted by Crippen LogP contribution is 2.30. The Kier molecular flexibility index (Phi) is 7.45. The summed E-state index contributed by atoms with van der Waals surface area (Å²) in [7, 11) is 3.37. The van der Waals surface area contributed by atoms with E-state index in [0.29, 0.717) is 13.2 Å². The standard InChI is InChI=1S/C15H22N2O2S/c1-12(11-19-3)17(8-9-18-2)14-6-5-7-15(20-4)13(14)10-16/h5-7,12H,8-9,11H2,1-4H3. The van der Waals surface area contributed by atoms with Gasteiger partial charge in [0.1, 0.15) is 6.07 Å². The Morgan fingerprint density at radius 2 is 2.10 bits per heavy atom. The van der Waals surface area contributed by atoms with Crippen LogP contribution in [-0.4, -0.2) is 46.3 Å². The van der Waals surface area contributed by atoms with Gasteiger partial charge < -0.3 is 14.4 Å². The molecule has 1 aromatic rings. The third kappa shape index (κ3) is 4.14. The minimum Gasteiger partial charge on any atom is -0.383 e. The second kappa shape index (κ2) is 8.85. The van der Waals surface area contributed by atoms with Crippen LogP contribution in [0.25, 0.3) is 0 Å². The molecule has 5 heteroatoms. The van der Waals surface area contributed by atoms with Crippen molar-refractivity contribution in [1.82, 2.24) is 0 Å². The van der Waals surface area contributed by atoms with E-state index in [1.54, 1.807) is 26.0 Å². The number of hydrogen-bond acceptors (Lipinski definition) is 5. The third-order valence-electron chi connectivity index (χ3n) is 3.12. The number of methoxy groups -OCH3 is 2. The molecule has 1 unspecified atom stereocenters. The van der Waals surface area contributed by atoms with Crippen LogP contribution in [0.3, 0.4) is 0 Å². The van der Waals surface area contributed by atoms with E-state index in [1.165, 1.54) is 0 Å². The van der Waals surface area contributed by atoms with Gasteiger partial charge in [-0.1, -0.05) is 6.07 Å². The molecule has 0 amide bonds. The summed E-state index contributed by atoms with van der Waals surface area (Å²) in [5.41, 5.74) is 1.67. The van der Waals surface area contributed by atoms with Crippen LogP contribution in [-0.2, 0) is 9.47 Å². The van der Waals surface area contributed by atoms with Crippen LogP contribution in [0.1, 0.15) is 12.5 Å². The van der Waals surface area contributed by atoms with Crippen molar-refractivity contribution in [2.45, 2.75) is 17.9 Å². The molecule has 0 saturated carbocycles. The normalized spacial score (nSPS) is 11.9. The highest BCUT2D eigenvalue weighted by molar-refractivity contribution is 7.98. The summed E-state index contributed by atoms with van der Waals surface area (Å²) in [5, 5.41) is 9.46. The summed E-state index contributed by atoms with van der Waals surface area (Å²) in [6.07, 6.45) is 1.98. The number of benzene rings is 1. The van der Waals surface area contributed by atoms with Crippen LogP contribution in [0.4, 0.5) is 5.69 Å². The quantitative estimate of drug-likeness (QED) is 0.690. The van der Waals surface area contributed by atoms with Crippen molar-refractivity contribution >= 4 is 17.4 Å². The molecule has 20 heavy (non-hydrogen) atoms. The summed E-state index contributed by atoms with van der Waals surface area (Å²) < 4.78 is 10.4. The number of anilines is 1. The first-order valence-corrected chi connectivity index (χ1v) is 7.73. The molecule has 0 radical (unpaired) electrons. The number of ether oxygens (including phenoxy) is 2. The number of rotatable bonds is 8. The summed E-state index contributed by atoms with van der Waals surface area (Å²) >= 11 is 1.59. The summed E-state index contributed by atoms with van der Waals surface area (Å²) in [6.45, 7) is 4.04. The number of nitriles is 1. The molecule has 0 spiro atoms. The fourth-order valence-electron chi connectivity index (χ4n) is 2.14. The van der Waals surface area contributed by atoms with Crippen LogP contribution in [0, 0.1) is 11.3 Å². The number of hydrogen-bond donors (Lipinski definition) is 0. The summed E-state index contributed by atoms with van der Waals surface area (Å²) in [4.78, 5) is 3.17. The minimum absolute atomic E-state index is 0.180. The zero-order chi connectivity index (χ0) is 15.0. The van der Waals surface area contributed by atoms with Crippen LogP contribution in [0.15, 0.2) is 23.1 Å². The average Bonchev–Trinajstić information content (AvgIpc) is 2.47. The van der Waals surface area contributed by atoms with Crippen molar-refractivity contribution < 1.29 is 9.47 Å². The molecular weight excluding hydrogens is 272 g/mol. The molecule has 0 heterocycles. The van der Waals surface area contributed by atoms with E-state index in [2.05, 4.69) is 17.9 Å². The van der Waals surface area contributed by atoms with E-state index >= 15 is 0 Å². The first-order chi connectivity index (χ1) is 9.69. The van der Waals surface area contributed by atoms with Gasteiger partial charge in [-0.2, -0.15) is 5.26 Å². The van der Waals surface area contributed by atoms with Crippen molar-refractivity contribution in [2.75, 3.05) is 45.1 Å². The molecule has 1 atom stereocenters. The summed E-state index contributed by atoms with van der Waals surface area (Å²) in [6, 6.07) is 8.45. The van der Waals surface area contributed by atoms with E-state index < -0.39 is 0 Å². The smallest absolute Gasteiger partial charge is 0.103 e. The molecular formula is C15H22N2O2S. The Morgan fingerprint density at radius 1 is 1.35 bits per heavy atom. The first kappa shape index (κ1) is 16.8. The minimum atomic E-state index is 0.180. The molecule has 0 N–H and O–H groups in total. The molecule has 4 nitrogen and oxygen atoms in total. The molecule has 0 aliphatic rings. The lowest BCUT2D eigenvalue weighted by molar-refractivity contribution is 0.171. The largest absolute Gasteiger partial charge is 0.383 e. The van der Waals surface area contributed by atoms with Gasteiger partial charge in [-0.25, -0.2) is 0 Å². The molecule has 0 fully saturated rings. The Morgan fingerprint density at radius 3 is 2.65 bits per heavy atom. The molecule has 0 bridgehead atoms. The molecule has 0 aliphatic heterocycles. The van der Waals surface area contributed by atoms with Gasteiger partial charge in [-0.05, 0) is 25.3 Å². The third-order valence-corrected chi connectivity index (χ3v) is 3.90. The Labute approximate surface area is 125 Å². The zero-order valence-corrected chi connectivity index (χ0v) is 13.4. The topological polar surface area (TPSA) is 45.5 Å². The lowest BCUT2D eigenvalue weighted by Crippen LogP contribution is -2.39. The maximum atomic E-state index is 9.46. The molecule has 1 aromatic carbocycles. The van der Waals surface area contributed by atoms with Crippen LogP contribution in [0.5, 0.6) is 0 Å². The maximum absolute atomic E-state index is 9.46. The zero-order valence-electron chi connectivity index (χ0n) is 12.5. The Hall–Kier alpha value is -1.22. The predicted molar refractivity (Wildman–Crippen MR) is 83.5 cm³/mol.